The molecule has 2 heterocycles. The quantitative estimate of drug-likeness (QED) is 0.885. The molecule has 1 fully saturated rings. The van der Waals surface area contributed by atoms with Crippen molar-refractivity contribution in [1.29, 1.82) is 0 Å². The van der Waals surface area contributed by atoms with Crippen LogP contribution in [-0.2, 0) is 18.2 Å². The number of anilines is 2. The van der Waals surface area contributed by atoms with Gasteiger partial charge in [0.25, 0.3) is 0 Å². The molecule has 1 aliphatic heterocycles. The molecule has 0 radical (unpaired) electrons. The standard InChI is InChI=1S/C14H26N4O/c1-4-6-12-13(15)14(17(3)16-12)18-9-7-11(8-10-18)19-5-2/h11H,4-10,15H2,1-3H3. The Morgan fingerprint density at radius 2 is 2.00 bits per heavy atom. The summed E-state index contributed by atoms with van der Waals surface area (Å²) in [7, 11) is 1.99. The maximum Gasteiger partial charge on any atom is 0.150 e. The number of hydrogen-bond acceptors (Lipinski definition) is 4. The van der Waals surface area contributed by atoms with Crippen LogP contribution in [-0.4, -0.2) is 35.6 Å². The summed E-state index contributed by atoms with van der Waals surface area (Å²) in [6.07, 6.45) is 4.58. The number of ether oxygens (including phenoxy) is 1. The molecule has 1 aromatic rings. The Morgan fingerprint density at radius 1 is 1.32 bits per heavy atom. The first kappa shape index (κ1) is 14.2. The first-order valence-corrected chi connectivity index (χ1v) is 7.35. The van der Waals surface area contributed by atoms with Crippen LogP contribution < -0.4 is 10.6 Å². The average molecular weight is 266 g/mol. The molecule has 0 aromatic carbocycles. The maximum atomic E-state index is 6.26. The van der Waals surface area contributed by atoms with Gasteiger partial charge in [-0.15, -0.1) is 0 Å². The van der Waals surface area contributed by atoms with Gasteiger partial charge in [-0.1, -0.05) is 13.3 Å². The number of nitrogens with two attached hydrogens (primary N) is 1. The predicted molar refractivity (Wildman–Crippen MR) is 78.5 cm³/mol. The van der Waals surface area contributed by atoms with Gasteiger partial charge in [-0.2, -0.15) is 5.10 Å². The fourth-order valence-corrected chi connectivity index (χ4v) is 2.85. The number of rotatable bonds is 5. The summed E-state index contributed by atoms with van der Waals surface area (Å²) in [6.45, 7) is 7.02. The number of nitrogen functional groups attached to an aromatic ring is 1. The average Bonchev–Trinajstić information content (AvgIpc) is 2.67. The Balaban J connectivity index is 2.07. The van der Waals surface area contributed by atoms with Crippen LogP contribution in [0.15, 0.2) is 0 Å². The number of hydrogen-bond donors (Lipinski definition) is 1. The van der Waals surface area contributed by atoms with Gasteiger partial charge in [-0.25, -0.2) is 0 Å². The molecular weight excluding hydrogens is 240 g/mol. The van der Waals surface area contributed by atoms with Gasteiger partial charge in [0, 0.05) is 26.7 Å². The van der Waals surface area contributed by atoms with Gasteiger partial charge < -0.3 is 15.4 Å². The zero-order valence-electron chi connectivity index (χ0n) is 12.4. The monoisotopic (exact) mass is 266 g/mol. The molecule has 1 aliphatic rings. The topological polar surface area (TPSA) is 56.3 Å². The smallest absolute Gasteiger partial charge is 0.150 e. The Morgan fingerprint density at radius 3 is 2.58 bits per heavy atom. The van der Waals surface area contributed by atoms with E-state index in [2.05, 4.69) is 23.8 Å². The second-order valence-electron chi connectivity index (χ2n) is 5.20. The van der Waals surface area contributed by atoms with Crippen molar-refractivity contribution in [2.45, 2.75) is 45.6 Å². The second kappa shape index (κ2) is 6.28. The number of aromatic nitrogens is 2. The second-order valence-corrected chi connectivity index (χ2v) is 5.20. The van der Waals surface area contributed by atoms with Crippen molar-refractivity contribution in [3.8, 4) is 0 Å². The molecule has 0 bridgehead atoms. The lowest BCUT2D eigenvalue weighted by atomic mass is 10.1. The number of piperidine rings is 1. The van der Waals surface area contributed by atoms with Gasteiger partial charge in [0.1, 0.15) is 5.82 Å². The highest BCUT2D eigenvalue weighted by Crippen LogP contribution is 2.29. The fraction of sp³-hybridized carbons (Fsp3) is 0.786. The third-order valence-electron chi connectivity index (χ3n) is 3.76. The van der Waals surface area contributed by atoms with Crippen molar-refractivity contribution in [1.82, 2.24) is 9.78 Å². The molecule has 1 saturated heterocycles. The predicted octanol–water partition coefficient (Wildman–Crippen LogP) is 1.96. The minimum atomic E-state index is 0.408. The van der Waals surface area contributed by atoms with E-state index < -0.39 is 0 Å². The van der Waals surface area contributed by atoms with Gasteiger partial charge in [0.2, 0.25) is 0 Å². The SMILES string of the molecule is CCCc1nn(C)c(N2CCC(OCC)CC2)c1N. The van der Waals surface area contributed by atoms with E-state index in [9.17, 15) is 0 Å². The zero-order valence-corrected chi connectivity index (χ0v) is 12.4. The Bertz CT molecular complexity index is 408. The van der Waals surface area contributed by atoms with Crippen molar-refractivity contribution in [2.75, 3.05) is 30.3 Å². The van der Waals surface area contributed by atoms with Crippen molar-refractivity contribution >= 4 is 11.5 Å². The molecule has 19 heavy (non-hydrogen) atoms. The lowest BCUT2D eigenvalue weighted by Gasteiger charge is -2.33. The lowest BCUT2D eigenvalue weighted by Crippen LogP contribution is -2.38. The minimum absolute atomic E-state index is 0.408. The molecule has 0 unspecified atom stereocenters. The molecule has 2 N–H and O–H groups in total. The van der Waals surface area contributed by atoms with E-state index in [1.165, 1.54) is 0 Å². The van der Waals surface area contributed by atoms with E-state index in [1.54, 1.807) is 0 Å². The highest BCUT2D eigenvalue weighted by atomic mass is 16.5. The van der Waals surface area contributed by atoms with Crippen molar-refractivity contribution in [2.24, 2.45) is 7.05 Å². The lowest BCUT2D eigenvalue weighted by molar-refractivity contribution is 0.0457. The van der Waals surface area contributed by atoms with Crippen LogP contribution in [0.5, 0.6) is 0 Å². The van der Waals surface area contributed by atoms with E-state index in [0.717, 1.165) is 62.6 Å². The third kappa shape index (κ3) is 3.03. The van der Waals surface area contributed by atoms with Crippen LogP contribution >= 0.6 is 0 Å². The molecule has 0 spiro atoms. The molecule has 2 rings (SSSR count). The van der Waals surface area contributed by atoms with Crippen molar-refractivity contribution in [3.63, 3.8) is 0 Å². The normalized spacial score (nSPS) is 17.1. The van der Waals surface area contributed by atoms with Crippen LogP contribution in [0.25, 0.3) is 0 Å². The minimum Gasteiger partial charge on any atom is -0.394 e. The largest absolute Gasteiger partial charge is 0.394 e. The van der Waals surface area contributed by atoms with Gasteiger partial charge >= 0.3 is 0 Å². The van der Waals surface area contributed by atoms with Gasteiger partial charge in [0.05, 0.1) is 17.5 Å². The van der Waals surface area contributed by atoms with E-state index >= 15 is 0 Å². The molecule has 0 aliphatic carbocycles. The van der Waals surface area contributed by atoms with Crippen LogP contribution in [0.1, 0.15) is 38.8 Å². The van der Waals surface area contributed by atoms with Crippen LogP contribution in [0, 0.1) is 0 Å². The molecule has 5 nitrogen and oxygen atoms in total. The van der Waals surface area contributed by atoms with Crippen LogP contribution in [0.4, 0.5) is 11.5 Å². The summed E-state index contributed by atoms with van der Waals surface area (Å²) in [4.78, 5) is 2.34. The van der Waals surface area contributed by atoms with Crippen LogP contribution in [0.2, 0.25) is 0 Å². The summed E-state index contributed by atoms with van der Waals surface area (Å²) in [5.41, 5.74) is 8.15. The Labute approximate surface area is 115 Å². The number of aryl methyl sites for hydroxylation is 2. The first-order chi connectivity index (χ1) is 9.17. The van der Waals surface area contributed by atoms with E-state index in [1.807, 2.05) is 11.7 Å². The number of nitrogens with zero attached hydrogens (tertiary/aromatic N) is 3. The first-order valence-electron chi connectivity index (χ1n) is 7.35. The highest BCUT2D eigenvalue weighted by molar-refractivity contribution is 5.66. The van der Waals surface area contributed by atoms with Gasteiger partial charge in [-0.3, -0.25) is 4.68 Å². The highest BCUT2D eigenvalue weighted by Gasteiger charge is 2.24. The summed E-state index contributed by atoms with van der Waals surface area (Å²) in [5.74, 6) is 1.08. The fourth-order valence-electron chi connectivity index (χ4n) is 2.85. The van der Waals surface area contributed by atoms with Gasteiger partial charge in [0.15, 0.2) is 0 Å². The summed E-state index contributed by atoms with van der Waals surface area (Å²) >= 11 is 0. The summed E-state index contributed by atoms with van der Waals surface area (Å²) in [6, 6.07) is 0. The maximum absolute atomic E-state index is 6.26. The van der Waals surface area contributed by atoms with E-state index in [-0.39, 0.29) is 0 Å². The summed E-state index contributed by atoms with van der Waals surface area (Å²) < 4.78 is 7.62. The third-order valence-corrected chi connectivity index (χ3v) is 3.76. The molecule has 0 atom stereocenters. The Hall–Kier alpha value is -1.23. The van der Waals surface area contributed by atoms with Gasteiger partial charge in [-0.05, 0) is 26.2 Å². The molecule has 0 amide bonds. The Kier molecular flexibility index (Phi) is 4.69. The zero-order chi connectivity index (χ0) is 13.8. The summed E-state index contributed by atoms with van der Waals surface area (Å²) in [5, 5.41) is 4.55. The molecule has 108 valence electrons. The van der Waals surface area contributed by atoms with E-state index in [0.29, 0.717) is 6.10 Å². The van der Waals surface area contributed by atoms with Crippen molar-refractivity contribution in [3.05, 3.63) is 5.69 Å². The van der Waals surface area contributed by atoms with Crippen LogP contribution in [0.3, 0.4) is 0 Å². The molecule has 1 aromatic heterocycles. The van der Waals surface area contributed by atoms with Crippen molar-refractivity contribution < 1.29 is 4.74 Å². The molecule has 0 saturated carbocycles. The molecule has 5 heteroatoms. The molecular formula is C14H26N4O. The van der Waals surface area contributed by atoms with E-state index in [4.69, 9.17) is 10.5 Å².